The molecule has 3 rings (SSSR count). The van der Waals surface area contributed by atoms with Crippen molar-refractivity contribution in [1.82, 2.24) is 9.71 Å². The van der Waals surface area contributed by atoms with E-state index in [1.54, 1.807) is 25.2 Å². The van der Waals surface area contributed by atoms with Gasteiger partial charge in [0.1, 0.15) is 11.0 Å². The maximum atomic E-state index is 12.7. The molecular formula is C23H36N4O3S2. The molecule has 1 saturated carbocycles. The number of nitrogens with one attached hydrogen (secondary N) is 1. The van der Waals surface area contributed by atoms with Crippen molar-refractivity contribution in [3.63, 3.8) is 0 Å². The Morgan fingerprint density at radius 1 is 1.31 bits per heavy atom. The summed E-state index contributed by atoms with van der Waals surface area (Å²) in [6.07, 6.45) is 7.64. The summed E-state index contributed by atoms with van der Waals surface area (Å²) in [5.74, 6) is 0.608. The van der Waals surface area contributed by atoms with E-state index in [-0.39, 0.29) is 6.10 Å². The number of carbonyl (C=O) groups excluding carboxylic acids is 1. The maximum Gasteiger partial charge on any atom is 0.404 e. The number of thiazole rings is 1. The molecule has 1 aliphatic rings. The Bertz CT molecular complexity index is 893. The molecule has 1 amide bonds. The van der Waals surface area contributed by atoms with E-state index in [0.29, 0.717) is 12.5 Å². The summed E-state index contributed by atoms with van der Waals surface area (Å²) >= 11 is 1.77. The maximum absolute atomic E-state index is 12.7. The molecular weight excluding hydrogens is 444 g/mol. The first kappa shape index (κ1) is 26.3. The number of carbonyl (C=O) groups is 1. The zero-order valence-corrected chi connectivity index (χ0v) is 21.4. The Kier molecular flexibility index (Phi) is 10.6. The summed E-state index contributed by atoms with van der Waals surface area (Å²) in [5, 5.41) is 1.24. The average Bonchev–Trinajstić information content (AvgIpc) is 3.23. The average molecular weight is 481 g/mol. The summed E-state index contributed by atoms with van der Waals surface area (Å²) in [4.78, 5) is 18.5. The molecule has 1 aromatic heterocycles. The fourth-order valence-electron chi connectivity index (χ4n) is 3.54. The Balaban J connectivity index is 0.000000451. The molecule has 1 aliphatic carbocycles. The van der Waals surface area contributed by atoms with Gasteiger partial charge >= 0.3 is 6.09 Å². The number of hydrogen-bond acceptors (Lipinski definition) is 6. The van der Waals surface area contributed by atoms with E-state index in [1.807, 2.05) is 38.2 Å². The van der Waals surface area contributed by atoms with Crippen molar-refractivity contribution in [2.45, 2.75) is 69.8 Å². The van der Waals surface area contributed by atoms with E-state index in [0.717, 1.165) is 21.0 Å². The number of anilines is 1. The molecule has 1 aromatic carbocycles. The lowest BCUT2D eigenvalue weighted by Gasteiger charge is -2.19. The molecule has 1 heterocycles. The normalized spacial score (nSPS) is 15.1. The summed E-state index contributed by atoms with van der Waals surface area (Å²) in [7, 11) is 2.79. The number of nitrogens with zero attached hydrogens (tertiary/aromatic N) is 2. The minimum absolute atomic E-state index is 0.0995. The molecule has 0 aliphatic heterocycles. The third kappa shape index (κ3) is 7.86. The van der Waals surface area contributed by atoms with E-state index in [4.69, 9.17) is 4.98 Å². The fourth-order valence-corrected chi connectivity index (χ4v) is 5.75. The molecule has 0 saturated heterocycles. The number of ether oxygens (including phenoxy) is 1. The van der Waals surface area contributed by atoms with Crippen LogP contribution in [-0.4, -0.2) is 42.0 Å². The first-order valence-corrected chi connectivity index (χ1v) is 13.1. The Hall–Kier alpha value is -1.97. The zero-order valence-electron chi connectivity index (χ0n) is 19.7. The number of nitrogens with two attached hydrogens (primary N) is 1. The first-order chi connectivity index (χ1) is 15.2. The van der Waals surface area contributed by atoms with Gasteiger partial charge < -0.3 is 15.4 Å². The van der Waals surface area contributed by atoms with Gasteiger partial charge in [0.15, 0.2) is 0 Å². The number of benzene rings is 1. The number of aromatic nitrogens is 1. The van der Waals surface area contributed by atoms with Crippen molar-refractivity contribution in [1.29, 1.82) is 0 Å². The summed E-state index contributed by atoms with van der Waals surface area (Å²) in [6, 6.07) is 6.19. The molecule has 9 heteroatoms. The Labute approximate surface area is 198 Å². The fraction of sp³-hybridized carbons (Fsp3) is 0.565. The van der Waals surface area contributed by atoms with Crippen LogP contribution in [0.25, 0.3) is 10.4 Å². The number of amides is 1. The van der Waals surface area contributed by atoms with Crippen LogP contribution >= 0.6 is 11.3 Å². The van der Waals surface area contributed by atoms with Gasteiger partial charge in [0.25, 0.3) is 0 Å². The molecule has 1 unspecified atom stereocenters. The monoisotopic (exact) mass is 480 g/mol. The van der Waals surface area contributed by atoms with Gasteiger partial charge in [-0.25, -0.2) is 18.7 Å². The molecule has 0 radical (unpaired) electrons. The van der Waals surface area contributed by atoms with Crippen LogP contribution in [0, 0.1) is 0 Å². The molecule has 1 atom stereocenters. The van der Waals surface area contributed by atoms with Crippen molar-refractivity contribution in [3.05, 3.63) is 29.4 Å². The van der Waals surface area contributed by atoms with E-state index in [2.05, 4.69) is 27.3 Å². The summed E-state index contributed by atoms with van der Waals surface area (Å²) in [5.41, 5.74) is 6.72. The van der Waals surface area contributed by atoms with E-state index < -0.39 is 17.1 Å². The predicted octanol–water partition coefficient (Wildman–Crippen LogP) is 5.05. The van der Waals surface area contributed by atoms with Crippen LogP contribution in [0.3, 0.4) is 0 Å². The molecule has 0 bridgehead atoms. The molecule has 7 nitrogen and oxygen atoms in total. The first-order valence-electron chi connectivity index (χ1n) is 11.1. The van der Waals surface area contributed by atoms with E-state index in [1.165, 1.54) is 37.1 Å². The van der Waals surface area contributed by atoms with Crippen LogP contribution in [0.4, 0.5) is 10.5 Å². The second-order valence-electron chi connectivity index (χ2n) is 8.22. The predicted molar refractivity (Wildman–Crippen MR) is 134 cm³/mol. The van der Waals surface area contributed by atoms with E-state index in [9.17, 15) is 9.00 Å². The van der Waals surface area contributed by atoms with Crippen LogP contribution in [0.1, 0.15) is 63.8 Å². The minimum atomic E-state index is -1.22. The SMILES string of the molecule is CC(C)OC(N)=O.CCNS(=O)c1cc(N(C)C)ccc1-c1cnc(C2CCCCC2)s1. The van der Waals surface area contributed by atoms with E-state index >= 15 is 0 Å². The number of rotatable bonds is 7. The van der Waals surface area contributed by atoms with Gasteiger partial charge in [0.05, 0.1) is 20.9 Å². The van der Waals surface area contributed by atoms with Gasteiger partial charge in [-0.2, -0.15) is 0 Å². The van der Waals surface area contributed by atoms with Gasteiger partial charge in [-0.3, -0.25) is 0 Å². The van der Waals surface area contributed by atoms with Crippen molar-refractivity contribution < 1.29 is 13.7 Å². The van der Waals surface area contributed by atoms with Crippen LogP contribution in [0.15, 0.2) is 29.3 Å². The van der Waals surface area contributed by atoms with Crippen LogP contribution < -0.4 is 15.4 Å². The Morgan fingerprint density at radius 2 is 2.00 bits per heavy atom. The second-order valence-corrected chi connectivity index (χ2v) is 10.6. The lowest BCUT2D eigenvalue weighted by molar-refractivity contribution is 0.125. The highest BCUT2D eigenvalue weighted by Crippen LogP contribution is 2.39. The molecule has 0 spiro atoms. The van der Waals surface area contributed by atoms with Gasteiger partial charge in [-0.1, -0.05) is 32.3 Å². The highest BCUT2D eigenvalue weighted by molar-refractivity contribution is 7.83. The minimum Gasteiger partial charge on any atom is -0.447 e. The standard InChI is InChI=1S/C19H27N3OS2.C4H9NO2/c1-4-21-25(23)18-12-15(22(2)3)10-11-16(18)17-13-20-19(24-17)14-8-6-5-7-9-14;1-3(2)7-4(5)6/h10-14,21H,4-9H2,1-3H3;3H,1-2H3,(H2,5,6). The molecule has 3 N–H and O–H groups in total. The zero-order chi connectivity index (χ0) is 23.7. The van der Waals surface area contributed by atoms with Gasteiger partial charge in [0.2, 0.25) is 0 Å². The molecule has 1 fully saturated rings. The van der Waals surface area contributed by atoms with Crippen LogP contribution in [0.2, 0.25) is 0 Å². The number of primary amides is 1. The smallest absolute Gasteiger partial charge is 0.404 e. The Morgan fingerprint density at radius 3 is 2.53 bits per heavy atom. The van der Waals surface area contributed by atoms with Crippen LogP contribution in [-0.2, 0) is 15.7 Å². The molecule has 2 aromatic rings. The van der Waals surface area contributed by atoms with Crippen LogP contribution in [0.5, 0.6) is 0 Å². The van der Waals surface area contributed by atoms with Crippen molar-refractivity contribution >= 4 is 34.1 Å². The molecule has 32 heavy (non-hydrogen) atoms. The topological polar surface area (TPSA) is 97.5 Å². The quantitative estimate of drug-likeness (QED) is 0.578. The second kappa shape index (κ2) is 12.9. The lowest BCUT2D eigenvalue weighted by atomic mass is 9.90. The summed E-state index contributed by atoms with van der Waals surface area (Å²) in [6.45, 7) is 6.13. The highest BCUT2D eigenvalue weighted by Gasteiger charge is 2.21. The highest BCUT2D eigenvalue weighted by atomic mass is 32.2. The lowest BCUT2D eigenvalue weighted by Crippen LogP contribution is -2.18. The van der Waals surface area contributed by atoms with Crippen molar-refractivity contribution in [2.24, 2.45) is 5.73 Å². The third-order valence-electron chi connectivity index (χ3n) is 5.05. The summed E-state index contributed by atoms with van der Waals surface area (Å²) < 4.78 is 20.1. The van der Waals surface area contributed by atoms with Crippen molar-refractivity contribution in [3.8, 4) is 10.4 Å². The number of hydrogen-bond donors (Lipinski definition) is 2. The van der Waals surface area contributed by atoms with Gasteiger partial charge in [-0.15, -0.1) is 11.3 Å². The largest absolute Gasteiger partial charge is 0.447 e. The third-order valence-corrected chi connectivity index (χ3v) is 7.53. The van der Waals surface area contributed by atoms with Gasteiger partial charge in [-0.05, 0) is 38.8 Å². The molecule has 178 valence electrons. The van der Waals surface area contributed by atoms with Crippen molar-refractivity contribution in [2.75, 3.05) is 25.5 Å². The van der Waals surface area contributed by atoms with Gasteiger partial charge in [0, 0.05) is 44.0 Å².